The van der Waals surface area contributed by atoms with Crippen LogP contribution in [0.2, 0.25) is 0 Å². The van der Waals surface area contributed by atoms with E-state index in [9.17, 15) is 0 Å². The quantitative estimate of drug-likeness (QED) is 0.623. The van der Waals surface area contributed by atoms with Gasteiger partial charge >= 0.3 is 0 Å². The molecule has 108 valence electrons. The Kier molecular flexibility index (Phi) is 3.84. The third-order valence-electron chi connectivity index (χ3n) is 3.13. The van der Waals surface area contributed by atoms with Crippen LogP contribution in [0.1, 0.15) is 23.9 Å². The molecule has 0 fully saturated rings. The Balaban J connectivity index is 2.60. The molecule has 0 bridgehead atoms. The summed E-state index contributed by atoms with van der Waals surface area (Å²) < 4.78 is 1.73. The van der Waals surface area contributed by atoms with Crippen LogP contribution in [0.4, 0.5) is 11.9 Å². The van der Waals surface area contributed by atoms with E-state index in [4.69, 9.17) is 5.84 Å². The fraction of sp³-hybridized carbons (Fsp3) is 0.500. The molecule has 8 nitrogen and oxygen atoms in total. The molecule has 0 amide bonds. The highest BCUT2D eigenvalue weighted by atomic mass is 15.4. The second-order valence-corrected chi connectivity index (χ2v) is 4.71. The highest BCUT2D eigenvalue weighted by molar-refractivity contribution is 5.39. The van der Waals surface area contributed by atoms with Crippen LogP contribution in [0.3, 0.4) is 0 Å². The van der Waals surface area contributed by atoms with Gasteiger partial charge < -0.3 is 4.90 Å². The average Bonchev–Trinajstić information content (AvgIpc) is 2.72. The highest BCUT2D eigenvalue weighted by Crippen LogP contribution is 2.18. The van der Waals surface area contributed by atoms with E-state index in [1.54, 1.807) is 9.58 Å². The van der Waals surface area contributed by atoms with E-state index in [2.05, 4.69) is 32.4 Å². The lowest BCUT2D eigenvalue weighted by atomic mass is 10.1. The SMILES string of the molecule is CCc1c(C)nn(-c2nc(NN)nc(N(C)C)n2)c1C. The molecular weight excluding hydrogens is 256 g/mol. The van der Waals surface area contributed by atoms with E-state index in [0.717, 1.165) is 17.8 Å². The smallest absolute Gasteiger partial charge is 0.257 e. The van der Waals surface area contributed by atoms with Crippen molar-refractivity contribution in [3.63, 3.8) is 0 Å². The van der Waals surface area contributed by atoms with Gasteiger partial charge in [0.25, 0.3) is 5.95 Å². The molecule has 0 unspecified atom stereocenters. The van der Waals surface area contributed by atoms with Gasteiger partial charge in [-0.25, -0.2) is 10.5 Å². The topological polar surface area (TPSA) is 97.8 Å². The van der Waals surface area contributed by atoms with Gasteiger partial charge in [0.1, 0.15) is 0 Å². The summed E-state index contributed by atoms with van der Waals surface area (Å²) in [5.74, 6) is 6.70. The van der Waals surface area contributed by atoms with Crippen LogP contribution >= 0.6 is 0 Å². The number of nitrogen functional groups attached to an aromatic ring is 1. The number of nitrogens with zero attached hydrogens (tertiary/aromatic N) is 6. The molecule has 0 saturated heterocycles. The minimum atomic E-state index is 0.310. The van der Waals surface area contributed by atoms with Crippen LogP contribution in [-0.2, 0) is 6.42 Å². The first-order valence-corrected chi connectivity index (χ1v) is 6.43. The number of nitrogens with one attached hydrogen (secondary N) is 1. The van der Waals surface area contributed by atoms with Crippen molar-refractivity contribution in [1.82, 2.24) is 24.7 Å². The second-order valence-electron chi connectivity index (χ2n) is 4.71. The number of hydrazine groups is 1. The Morgan fingerprint density at radius 2 is 1.90 bits per heavy atom. The molecule has 2 rings (SSSR count). The number of aryl methyl sites for hydroxylation is 1. The van der Waals surface area contributed by atoms with E-state index >= 15 is 0 Å². The van der Waals surface area contributed by atoms with E-state index in [-0.39, 0.29) is 0 Å². The summed E-state index contributed by atoms with van der Waals surface area (Å²) >= 11 is 0. The maximum absolute atomic E-state index is 5.41. The molecule has 0 spiro atoms. The van der Waals surface area contributed by atoms with Gasteiger partial charge in [0, 0.05) is 19.8 Å². The van der Waals surface area contributed by atoms with Crippen molar-refractivity contribution >= 4 is 11.9 Å². The summed E-state index contributed by atoms with van der Waals surface area (Å²) in [6.45, 7) is 6.10. The standard InChI is InChI=1S/C12H20N8/c1-6-9-7(2)18-20(8(9)3)12-15-10(17-13)14-11(16-12)19(4)5/h6,13H2,1-5H3,(H,14,15,16,17). The zero-order chi connectivity index (χ0) is 14.9. The highest BCUT2D eigenvalue weighted by Gasteiger charge is 2.15. The fourth-order valence-corrected chi connectivity index (χ4v) is 2.09. The maximum atomic E-state index is 5.41. The van der Waals surface area contributed by atoms with Crippen LogP contribution in [0.5, 0.6) is 0 Å². The fourth-order valence-electron chi connectivity index (χ4n) is 2.09. The largest absolute Gasteiger partial charge is 0.347 e. The van der Waals surface area contributed by atoms with Gasteiger partial charge in [-0.1, -0.05) is 6.92 Å². The number of hydrogen-bond acceptors (Lipinski definition) is 7. The molecule has 2 aromatic rings. The molecule has 0 aliphatic carbocycles. The molecule has 0 atom stereocenters. The Hall–Kier alpha value is -2.22. The zero-order valence-corrected chi connectivity index (χ0v) is 12.5. The Morgan fingerprint density at radius 1 is 1.20 bits per heavy atom. The van der Waals surface area contributed by atoms with Crippen molar-refractivity contribution in [2.45, 2.75) is 27.2 Å². The monoisotopic (exact) mass is 276 g/mol. The van der Waals surface area contributed by atoms with Crippen molar-refractivity contribution in [3.8, 4) is 5.95 Å². The van der Waals surface area contributed by atoms with Crippen LogP contribution in [-0.4, -0.2) is 38.8 Å². The number of rotatable bonds is 4. The predicted octanol–water partition coefficient (Wildman–Crippen LogP) is 0.588. The molecular formula is C12H20N8. The summed E-state index contributed by atoms with van der Waals surface area (Å²) in [5.41, 5.74) is 5.68. The van der Waals surface area contributed by atoms with Crippen LogP contribution < -0.4 is 16.2 Å². The van der Waals surface area contributed by atoms with Crippen LogP contribution in [0.15, 0.2) is 0 Å². The number of hydrogen-bond donors (Lipinski definition) is 2. The van der Waals surface area contributed by atoms with Crippen molar-refractivity contribution in [1.29, 1.82) is 0 Å². The first kappa shape index (κ1) is 14.2. The van der Waals surface area contributed by atoms with Gasteiger partial charge in [-0.3, -0.25) is 5.43 Å². The van der Waals surface area contributed by atoms with Crippen molar-refractivity contribution in [2.75, 3.05) is 24.4 Å². The molecule has 0 aliphatic heterocycles. The number of aromatic nitrogens is 5. The normalized spacial score (nSPS) is 10.7. The summed E-state index contributed by atoms with van der Waals surface area (Å²) in [7, 11) is 3.72. The molecule has 20 heavy (non-hydrogen) atoms. The Labute approximate surface area is 118 Å². The summed E-state index contributed by atoms with van der Waals surface area (Å²) in [6, 6.07) is 0. The van der Waals surface area contributed by atoms with Gasteiger partial charge in [0.05, 0.1) is 5.69 Å². The molecule has 2 heterocycles. The zero-order valence-electron chi connectivity index (χ0n) is 12.5. The molecule has 3 N–H and O–H groups in total. The van der Waals surface area contributed by atoms with Crippen LogP contribution in [0, 0.1) is 13.8 Å². The molecule has 8 heteroatoms. The second kappa shape index (κ2) is 5.41. The molecule has 2 aromatic heterocycles. The van der Waals surface area contributed by atoms with E-state index in [1.165, 1.54) is 5.56 Å². The van der Waals surface area contributed by atoms with E-state index in [1.807, 2.05) is 27.9 Å². The van der Waals surface area contributed by atoms with Crippen molar-refractivity contribution in [3.05, 3.63) is 17.0 Å². The first-order valence-electron chi connectivity index (χ1n) is 6.43. The van der Waals surface area contributed by atoms with Gasteiger partial charge in [-0.15, -0.1) is 0 Å². The van der Waals surface area contributed by atoms with Crippen molar-refractivity contribution in [2.24, 2.45) is 5.84 Å². The lowest BCUT2D eigenvalue weighted by Gasteiger charge is -2.12. The summed E-state index contributed by atoms with van der Waals surface area (Å²) in [4.78, 5) is 14.7. The number of anilines is 2. The minimum Gasteiger partial charge on any atom is -0.347 e. The molecule has 0 saturated carbocycles. The first-order chi connectivity index (χ1) is 9.47. The molecule has 0 aliphatic rings. The lowest BCUT2D eigenvalue weighted by molar-refractivity contribution is 0.759. The van der Waals surface area contributed by atoms with Gasteiger partial charge in [-0.05, 0) is 25.8 Å². The average molecular weight is 276 g/mol. The Bertz CT molecular complexity index is 616. The number of nitrogens with two attached hydrogens (primary N) is 1. The minimum absolute atomic E-state index is 0.310. The van der Waals surface area contributed by atoms with Crippen molar-refractivity contribution < 1.29 is 0 Å². The third-order valence-corrected chi connectivity index (χ3v) is 3.13. The lowest BCUT2D eigenvalue weighted by Crippen LogP contribution is -2.20. The Morgan fingerprint density at radius 3 is 2.40 bits per heavy atom. The van der Waals surface area contributed by atoms with E-state index in [0.29, 0.717) is 17.8 Å². The van der Waals surface area contributed by atoms with Gasteiger partial charge in [-0.2, -0.15) is 20.1 Å². The maximum Gasteiger partial charge on any atom is 0.257 e. The summed E-state index contributed by atoms with van der Waals surface area (Å²) in [5, 5.41) is 4.50. The summed E-state index contributed by atoms with van der Waals surface area (Å²) in [6.07, 6.45) is 0.922. The molecule has 0 aromatic carbocycles. The third kappa shape index (κ3) is 2.42. The predicted molar refractivity (Wildman–Crippen MR) is 77.9 cm³/mol. The van der Waals surface area contributed by atoms with Crippen LogP contribution in [0.25, 0.3) is 5.95 Å². The van der Waals surface area contributed by atoms with Gasteiger partial charge in [0.15, 0.2) is 0 Å². The van der Waals surface area contributed by atoms with E-state index < -0.39 is 0 Å². The van der Waals surface area contributed by atoms with Gasteiger partial charge in [0.2, 0.25) is 11.9 Å². The molecule has 0 radical (unpaired) electrons.